The molecule has 0 amide bonds. The summed E-state index contributed by atoms with van der Waals surface area (Å²) in [5, 5.41) is 52.4. The summed E-state index contributed by atoms with van der Waals surface area (Å²) in [5.74, 6) is 3.79. The van der Waals surface area contributed by atoms with Gasteiger partial charge in [-0.3, -0.25) is 9.69 Å². The molecule has 238 valence electrons. The Bertz CT molecular complexity index is 1040. The largest absolute Gasteiger partial charge is 0.394 e. The van der Waals surface area contributed by atoms with Crippen molar-refractivity contribution in [1.82, 2.24) is 4.90 Å². The van der Waals surface area contributed by atoms with E-state index in [1.165, 1.54) is 6.42 Å². The number of hydrogen-bond acceptors (Lipinski definition) is 9. The molecule has 7 fully saturated rings. The quantitative estimate of drug-likeness (QED) is 0.310. The van der Waals surface area contributed by atoms with E-state index in [2.05, 4.69) is 25.7 Å². The second-order valence-corrected chi connectivity index (χ2v) is 16.0. The molecule has 0 unspecified atom stereocenters. The molecule has 4 aliphatic carbocycles. The molecule has 0 aromatic carbocycles. The van der Waals surface area contributed by atoms with Gasteiger partial charge in [0.1, 0.15) is 30.2 Å². The predicted molar refractivity (Wildman–Crippen MR) is 153 cm³/mol. The minimum atomic E-state index is -1.47. The highest BCUT2D eigenvalue weighted by atomic mass is 16.7. The summed E-state index contributed by atoms with van der Waals surface area (Å²) in [6, 6.07) is 0.276. The Hall–Kier alpha value is -0.650. The van der Waals surface area contributed by atoms with Gasteiger partial charge < -0.3 is 35.0 Å². The van der Waals surface area contributed by atoms with E-state index in [4.69, 9.17) is 9.47 Å². The number of aliphatic hydroxyl groups is 5. The van der Waals surface area contributed by atoms with Gasteiger partial charge in [-0.05, 0) is 105 Å². The minimum absolute atomic E-state index is 0.0958. The summed E-state index contributed by atoms with van der Waals surface area (Å²) in [7, 11) is 0. The van der Waals surface area contributed by atoms with Crippen LogP contribution in [0.5, 0.6) is 0 Å². The Morgan fingerprint density at radius 3 is 2.45 bits per heavy atom. The topological polar surface area (TPSA) is 140 Å². The van der Waals surface area contributed by atoms with Crippen LogP contribution in [0.1, 0.15) is 78.6 Å². The van der Waals surface area contributed by atoms with E-state index in [0.717, 1.165) is 51.6 Å². The second-order valence-electron chi connectivity index (χ2n) is 16.0. The van der Waals surface area contributed by atoms with Crippen molar-refractivity contribution in [3.63, 3.8) is 0 Å². The van der Waals surface area contributed by atoms with E-state index in [1.807, 2.05) is 0 Å². The normalized spacial score (nSPS) is 57.9. The molecule has 5 N–H and O–H groups in total. The maximum Gasteiger partial charge on any atom is 0.186 e. The van der Waals surface area contributed by atoms with Gasteiger partial charge in [-0.1, -0.05) is 13.8 Å². The average molecular weight is 592 g/mol. The third kappa shape index (κ3) is 4.50. The molecule has 42 heavy (non-hydrogen) atoms. The monoisotopic (exact) mass is 591 g/mol. The van der Waals surface area contributed by atoms with Crippen LogP contribution >= 0.6 is 0 Å². The van der Waals surface area contributed by atoms with E-state index >= 15 is 0 Å². The van der Waals surface area contributed by atoms with Crippen LogP contribution in [0, 0.1) is 52.8 Å². The highest BCUT2D eigenvalue weighted by Gasteiger charge is 2.64. The summed E-state index contributed by atoms with van der Waals surface area (Å²) in [6.45, 7) is 8.49. The van der Waals surface area contributed by atoms with Crippen molar-refractivity contribution < 1.29 is 39.8 Å². The summed E-state index contributed by atoms with van der Waals surface area (Å²) in [4.78, 5) is 16.5. The van der Waals surface area contributed by atoms with Gasteiger partial charge in [0.05, 0.1) is 18.3 Å². The number of nitrogens with zero attached hydrogens (tertiary/aromatic N) is 1. The summed E-state index contributed by atoms with van der Waals surface area (Å²) in [5.41, 5.74) is -0.745. The highest BCUT2D eigenvalue weighted by Crippen LogP contribution is 2.66. The van der Waals surface area contributed by atoms with Gasteiger partial charge in [-0.2, -0.15) is 0 Å². The zero-order chi connectivity index (χ0) is 29.7. The number of ketones is 1. The van der Waals surface area contributed by atoms with E-state index < -0.39 is 42.9 Å². The smallest absolute Gasteiger partial charge is 0.186 e. The number of hydrogen-bond donors (Lipinski definition) is 5. The van der Waals surface area contributed by atoms with E-state index in [-0.39, 0.29) is 23.5 Å². The van der Waals surface area contributed by atoms with Gasteiger partial charge in [0.25, 0.3) is 0 Å². The SMILES string of the molecule is C[C@@H]1CC[C@@H]2N(C1)C[C@H]1[C@@H]3C[C@H]4[C@@H](CC(=O)[C@H]5C[C@H](O[C@@H]6O[C@H](CO)[C@@H](O)[C@H](O)[C@H]6O)CC[C@@]54C)[C@@H]3CC[C@@H]1[C@]2(C)O. The van der Waals surface area contributed by atoms with Crippen LogP contribution in [-0.4, -0.2) is 104 Å². The molecule has 0 bridgehead atoms. The van der Waals surface area contributed by atoms with Crippen molar-refractivity contribution in [1.29, 1.82) is 0 Å². The lowest BCUT2D eigenvalue weighted by atomic mass is 9.51. The van der Waals surface area contributed by atoms with Crippen LogP contribution in [0.25, 0.3) is 0 Å². The first-order valence-corrected chi connectivity index (χ1v) is 16.9. The van der Waals surface area contributed by atoms with Crippen LogP contribution < -0.4 is 0 Å². The zero-order valence-corrected chi connectivity index (χ0v) is 25.6. The minimum Gasteiger partial charge on any atom is -0.394 e. The van der Waals surface area contributed by atoms with Gasteiger partial charge in [-0.15, -0.1) is 0 Å². The molecule has 3 saturated heterocycles. The number of rotatable bonds is 3. The lowest BCUT2D eigenvalue weighted by Crippen LogP contribution is -2.67. The zero-order valence-electron chi connectivity index (χ0n) is 25.6. The van der Waals surface area contributed by atoms with Crippen LogP contribution in [-0.2, 0) is 14.3 Å². The molecule has 9 heteroatoms. The number of aliphatic hydroxyl groups excluding tert-OH is 4. The van der Waals surface area contributed by atoms with Crippen molar-refractivity contribution in [2.45, 2.75) is 127 Å². The highest BCUT2D eigenvalue weighted by molar-refractivity contribution is 5.83. The number of Topliss-reactive ketones (excluding diaryl/α,β-unsaturated/α-hetero) is 1. The first kappa shape index (κ1) is 30.0. The van der Waals surface area contributed by atoms with Crippen molar-refractivity contribution in [2.75, 3.05) is 19.7 Å². The van der Waals surface area contributed by atoms with Crippen LogP contribution in [0.3, 0.4) is 0 Å². The van der Waals surface area contributed by atoms with Crippen LogP contribution in [0.15, 0.2) is 0 Å². The number of fused-ring (bicyclic) bond motifs is 8. The fourth-order valence-electron chi connectivity index (χ4n) is 11.8. The number of ether oxygens (including phenoxy) is 2. The fraction of sp³-hybridized carbons (Fsp3) is 0.970. The summed E-state index contributed by atoms with van der Waals surface area (Å²) < 4.78 is 11.8. The lowest BCUT2D eigenvalue weighted by Gasteiger charge is -2.59. The lowest BCUT2D eigenvalue weighted by molar-refractivity contribution is -0.315. The molecule has 7 rings (SSSR count). The average Bonchev–Trinajstić information content (AvgIpc) is 3.33. The van der Waals surface area contributed by atoms with Crippen molar-refractivity contribution in [2.24, 2.45) is 52.8 Å². The van der Waals surface area contributed by atoms with Crippen LogP contribution in [0.4, 0.5) is 0 Å². The first-order valence-electron chi connectivity index (χ1n) is 16.9. The molecule has 0 spiro atoms. The Balaban J connectivity index is 1.07. The Labute approximate surface area is 249 Å². The van der Waals surface area contributed by atoms with Crippen molar-refractivity contribution in [3.8, 4) is 0 Å². The fourth-order valence-corrected chi connectivity index (χ4v) is 11.8. The molecule has 7 aliphatic rings. The molecule has 3 aliphatic heterocycles. The molecular weight excluding hydrogens is 538 g/mol. The number of piperidine rings is 2. The molecule has 17 atom stereocenters. The molecule has 4 saturated carbocycles. The third-order valence-corrected chi connectivity index (χ3v) is 14.0. The standard InChI is InChI=1S/C33H53NO8/c1-16-4-7-27-33(3,40)22-6-5-18-19(21(22)14-34(27)13-16)11-23-20(18)12-25(36)24-10-17(8-9-32(23,24)2)41-31-30(39)29(38)28(37)26(15-35)42-31/h16-24,26-31,35,37-40H,4-15H2,1-3H3/t16-,17-,18-,19-,20+,21+,22+,23+,24-,26-,27+,28-,29+,30-,31-,32-,33+/m1/s1. The predicted octanol–water partition coefficient (Wildman–Crippen LogP) is 1.71. The summed E-state index contributed by atoms with van der Waals surface area (Å²) >= 11 is 0. The van der Waals surface area contributed by atoms with E-state index in [9.17, 15) is 30.3 Å². The maximum atomic E-state index is 13.9. The first-order chi connectivity index (χ1) is 19.9. The molecule has 9 nitrogen and oxygen atoms in total. The van der Waals surface area contributed by atoms with E-state index in [1.54, 1.807) is 0 Å². The Kier molecular flexibility index (Phi) is 7.66. The van der Waals surface area contributed by atoms with Gasteiger partial charge in [-0.25, -0.2) is 0 Å². The van der Waals surface area contributed by atoms with E-state index in [0.29, 0.717) is 60.1 Å². The number of carbonyl (C=O) groups excluding carboxylic acids is 1. The molecule has 0 aromatic heterocycles. The van der Waals surface area contributed by atoms with Gasteiger partial charge >= 0.3 is 0 Å². The Morgan fingerprint density at radius 1 is 0.905 bits per heavy atom. The van der Waals surface area contributed by atoms with Crippen LogP contribution in [0.2, 0.25) is 0 Å². The molecule has 0 radical (unpaired) electrons. The van der Waals surface area contributed by atoms with Gasteiger partial charge in [0.2, 0.25) is 0 Å². The molecule has 3 heterocycles. The van der Waals surface area contributed by atoms with Gasteiger partial charge in [0, 0.05) is 31.5 Å². The Morgan fingerprint density at radius 2 is 1.69 bits per heavy atom. The third-order valence-electron chi connectivity index (χ3n) is 14.0. The molecule has 0 aromatic rings. The van der Waals surface area contributed by atoms with Crippen molar-refractivity contribution in [3.05, 3.63) is 0 Å². The van der Waals surface area contributed by atoms with Gasteiger partial charge in [0.15, 0.2) is 6.29 Å². The van der Waals surface area contributed by atoms with Crippen molar-refractivity contribution >= 4 is 5.78 Å². The summed E-state index contributed by atoms with van der Waals surface area (Å²) in [6.07, 6.45) is 1.67. The number of carbonyl (C=O) groups is 1. The second kappa shape index (κ2) is 10.7. The maximum absolute atomic E-state index is 13.9. The molecular formula is C33H53NO8.